The molecule has 3 N–H and O–H groups in total. The summed E-state index contributed by atoms with van der Waals surface area (Å²) in [6.07, 6.45) is 0.969. The van der Waals surface area contributed by atoms with Crippen LogP contribution in [0.2, 0.25) is 0 Å². The number of rotatable bonds is 3. The molecule has 0 amide bonds. The van der Waals surface area contributed by atoms with Crippen molar-refractivity contribution in [2.24, 2.45) is 5.73 Å². The van der Waals surface area contributed by atoms with Gasteiger partial charge in [-0.1, -0.05) is 0 Å². The SMILES string of the molecule is COCCCN.O=[N+]([O-])O. The predicted molar refractivity (Wildman–Crippen MR) is 34.3 cm³/mol. The molecule has 10 heavy (non-hydrogen) atoms. The molecule has 0 heterocycles. The zero-order valence-electron chi connectivity index (χ0n) is 5.82. The van der Waals surface area contributed by atoms with Gasteiger partial charge in [0.1, 0.15) is 0 Å². The van der Waals surface area contributed by atoms with Gasteiger partial charge in [0, 0.05) is 13.7 Å². The highest BCUT2D eigenvalue weighted by atomic mass is 16.9. The van der Waals surface area contributed by atoms with Gasteiger partial charge in [-0.05, 0) is 13.0 Å². The molecule has 0 radical (unpaired) electrons. The molecule has 0 aliphatic heterocycles. The van der Waals surface area contributed by atoms with Gasteiger partial charge in [-0.15, -0.1) is 10.1 Å². The molecule has 0 saturated heterocycles. The Labute approximate surface area is 58.7 Å². The molecule has 6 heteroatoms. The van der Waals surface area contributed by atoms with Crippen LogP contribution in [0.5, 0.6) is 0 Å². The van der Waals surface area contributed by atoms with Gasteiger partial charge in [0.05, 0.1) is 0 Å². The number of methoxy groups -OCH3 is 1. The Bertz CT molecular complexity index is 69.7. The topological polar surface area (TPSA) is 98.6 Å². The lowest BCUT2D eigenvalue weighted by atomic mass is 10.5. The van der Waals surface area contributed by atoms with Crippen molar-refractivity contribution in [2.45, 2.75) is 6.42 Å². The van der Waals surface area contributed by atoms with Crippen LogP contribution in [0, 0.1) is 10.1 Å². The van der Waals surface area contributed by atoms with Crippen molar-refractivity contribution in [3.63, 3.8) is 0 Å². The average molecular weight is 152 g/mol. The third kappa shape index (κ3) is 59.3. The summed E-state index contributed by atoms with van der Waals surface area (Å²) >= 11 is 0. The van der Waals surface area contributed by atoms with E-state index in [2.05, 4.69) is 0 Å². The van der Waals surface area contributed by atoms with Crippen LogP contribution >= 0.6 is 0 Å². The van der Waals surface area contributed by atoms with Crippen molar-refractivity contribution in [2.75, 3.05) is 20.3 Å². The minimum atomic E-state index is -1.50. The van der Waals surface area contributed by atoms with Gasteiger partial charge in [-0.25, -0.2) is 0 Å². The fourth-order valence-electron chi connectivity index (χ4n) is 0.228. The summed E-state index contributed by atoms with van der Waals surface area (Å²) in [7, 11) is 1.68. The number of nitrogens with zero attached hydrogens (tertiary/aromatic N) is 1. The Kier molecular flexibility index (Phi) is 13.0. The van der Waals surface area contributed by atoms with Crippen molar-refractivity contribution in [1.29, 1.82) is 0 Å². The molecule has 0 rings (SSSR count). The zero-order chi connectivity index (χ0) is 8.41. The second-order valence-electron chi connectivity index (χ2n) is 1.37. The number of ether oxygens (including phenoxy) is 1. The molecule has 0 spiro atoms. The molecule has 0 aliphatic carbocycles. The molecule has 0 aliphatic rings. The fraction of sp³-hybridized carbons (Fsp3) is 1.00. The van der Waals surface area contributed by atoms with Gasteiger partial charge in [0.15, 0.2) is 0 Å². The number of hydrogen-bond donors (Lipinski definition) is 2. The van der Waals surface area contributed by atoms with Crippen LogP contribution in [0.1, 0.15) is 6.42 Å². The monoisotopic (exact) mass is 152 g/mol. The van der Waals surface area contributed by atoms with E-state index in [0.717, 1.165) is 19.6 Å². The van der Waals surface area contributed by atoms with E-state index in [1.54, 1.807) is 7.11 Å². The number of nitrogens with two attached hydrogens (primary N) is 1. The van der Waals surface area contributed by atoms with Crippen LogP contribution in [0.15, 0.2) is 0 Å². The third-order valence-corrected chi connectivity index (χ3v) is 0.553. The van der Waals surface area contributed by atoms with Crippen LogP contribution in [0.4, 0.5) is 0 Å². The lowest BCUT2D eigenvalue weighted by molar-refractivity contribution is -0.742. The summed E-state index contributed by atoms with van der Waals surface area (Å²) < 4.78 is 4.70. The molecule has 0 aromatic carbocycles. The fourth-order valence-corrected chi connectivity index (χ4v) is 0.228. The highest BCUT2D eigenvalue weighted by Gasteiger charge is 1.74. The van der Waals surface area contributed by atoms with E-state index in [0.29, 0.717) is 0 Å². The van der Waals surface area contributed by atoms with Gasteiger partial charge in [-0.2, -0.15) is 0 Å². The smallest absolute Gasteiger partial charge is 0.291 e. The molecule has 0 fully saturated rings. The minimum Gasteiger partial charge on any atom is -0.385 e. The summed E-state index contributed by atoms with van der Waals surface area (Å²) in [5.41, 5.74) is 5.13. The molecule has 0 aromatic rings. The first-order chi connectivity index (χ1) is 4.65. The van der Waals surface area contributed by atoms with Gasteiger partial charge in [0.2, 0.25) is 0 Å². The van der Waals surface area contributed by atoms with Gasteiger partial charge in [0.25, 0.3) is 5.09 Å². The second kappa shape index (κ2) is 11.0. The molecular weight excluding hydrogens is 140 g/mol. The van der Waals surface area contributed by atoms with Crippen molar-refractivity contribution < 1.29 is 15.0 Å². The van der Waals surface area contributed by atoms with Crippen LogP contribution in [0.25, 0.3) is 0 Å². The van der Waals surface area contributed by atoms with E-state index in [1.165, 1.54) is 0 Å². The van der Waals surface area contributed by atoms with E-state index < -0.39 is 5.09 Å². The van der Waals surface area contributed by atoms with Crippen molar-refractivity contribution in [1.82, 2.24) is 0 Å². The van der Waals surface area contributed by atoms with E-state index in [4.69, 9.17) is 25.8 Å². The van der Waals surface area contributed by atoms with E-state index in [1.807, 2.05) is 0 Å². The molecule has 6 nitrogen and oxygen atoms in total. The van der Waals surface area contributed by atoms with Crippen LogP contribution in [0.3, 0.4) is 0 Å². The molecule has 0 aromatic heterocycles. The van der Waals surface area contributed by atoms with Crippen LogP contribution < -0.4 is 5.73 Å². The Hall–Kier alpha value is -0.880. The number of hydrogen-bond acceptors (Lipinski definition) is 4. The summed E-state index contributed by atoms with van der Waals surface area (Å²) in [4.78, 5) is 8.36. The standard InChI is InChI=1S/C4H11NO.HNO3/c1-6-4-2-3-5;2-1(3)4/h2-5H2,1H3;(H,2,3,4). The second-order valence-corrected chi connectivity index (χ2v) is 1.37. The maximum absolute atomic E-state index is 8.36. The Balaban J connectivity index is 0. The van der Waals surface area contributed by atoms with E-state index in [-0.39, 0.29) is 0 Å². The average Bonchev–Trinajstić information content (AvgIpc) is 1.82. The van der Waals surface area contributed by atoms with Crippen molar-refractivity contribution >= 4 is 0 Å². The molecule has 0 atom stereocenters. The van der Waals surface area contributed by atoms with Crippen LogP contribution in [-0.2, 0) is 4.74 Å². The molecular formula is C4H12N2O4. The van der Waals surface area contributed by atoms with Gasteiger partial charge < -0.3 is 15.7 Å². The first-order valence-electron chi connectivity index (χ1n) is 2.67. The predicted octanol–water partition coefficient (Wildman–Crippen LogP) is -0.366. The molecule has 62 valence electrons. The first-order valence-corrected chi connectivity index (χ1v) is 2.67. The third-order valence-electron chi connectivity index (χ3n) is 0.553. The summed E-state index contributed by atoms with van der Waals surface area (Å²) in [6.45, 7) is 1.52. The largest absolute Gasteiger partial charge is 0.385 e. The Morgan fingerprint density at radius 3 is 2.30 bits per heavy atom. The van der Waals surface area contributed by atoms with E-state index in [9.17, 15) is 0 Å². The van der Waals surface area contributed by atoms with Crippen molar-refractivity contribution in [3.8, 4) is 0 Å². The molecule has 0 bridgehead atoms. The molecule has 0 unspecified atom stereocenters. The highest BCUT2D eigenvalue weighted by molar-refractivity contribution is 4.31. The summed E-state index contributed by atoms with van der Waals surface area (Å²) in [6, 6.07) is 0. The van der Waals surface area contributed by atoms with E-state index >= 15 is 0 Å². The Morgan fingerprint density at radius 2 is 2.20 bits per heavy atom. The minimum absolute atomic E-state index is 0.730. The van der Waals surface area contributed by atoms with Crippen LogP contribution in [-0.4, -0.2) is 30.6 Å². The first kappa shape index (κ1) is 11.9. The van der Waals surface area contributed by atoms with Gasteiger partial charge >= 0.3 is 0 Å². The lowest BCUT2D eigenvalue weighted by Gasteiger charge is -1.89. The quantitative estimate of drug-likeness (QED) is 0.326. The summed E-state index contributed by atoms with van der Waals surface area (Å²) in [5.74, 6) is 0. The maximum atomic E-state index is 8.36. The molecule has 0 saturated carbocycles. The van der Waals surface area contributed by atoms with Crippen molar-refractivity contribution in [3.05, 3.63) is 10.1 Å². The lowest BCUT2D eigenvalue weighted by Crippen LogP contribution is -2.01. The zero-order valence-corrected chi connectivity index (χ0v) is 5.82. The maximum Gasteiger partial charge on any atom is 0.291 e. The van der Waals surface area contributed by atoms with Gasteiger partial charge in [-0.3, -0.25) is 0 Å². The summed E-state index contributed by atoms with van der Waals surface area (Å²) in [5, 5.41) is 13.6. The Morgan fingerprint density at radius 1 is 1.80 bits per heavy atom. The highest BCUT2D eigenvalue weighted by Crippen LogP contribution is 1.70. The normalized spacial score (nSPS) is 7.80.